The summed E-state index contributed by atoms with van der Waals surface area (Å²) < 4.78 is 10.5. The Morgan fingerprint density at radius 2 is 0.976 bits per heavy atom. The minimum Gasteiger partial charge on any atom is -0.462 e. The van der Waals surface area contributed by atoms with Crippen LogP contribution in [0.15, 0.2) is 48.6 Å². The fraction of sp³-hybridized carbons (Fsp3) is 0.730. The predicted octanol–water partition coefficient (Wildman–Crippen LogP) is 10.3. The normalized spacial score (nSPS) is 12.7. The van der Waals surface area contributed by atoms with Crippen molar-refractivity contribution in [2.75, 3.05) is 13.2 Å². The summed E-state index contributed by atoms with van der Waals surface area (Å²) in [6, 6.07) is 0. The molecule has 0 heterocycles. The molecule has 0 rings (SSSR count). The standard InChI is InChI=1S/C37H64O5/c1-3-5-7-9-11-13-15-16-17-18-19-20-22-23-25-27-29-31-36(39)41-34-35(33-38)42-37(40)32-30-28-26-24-21-14-12-10-8-6-4-2/h10-13,16-17,19-20,35,38H,3-9,14-15,18,21-34H2,1-2H3/t35-/m0/s1. The second-order valence-electron chi connectivity index (χ2n) is 11.2. The third-order valence-corrected chi connectivity index (χ3v) is 7.10. The van der Waals surface area contributed by atoms with Gasteiger partial charge in [0, 0.05) is 12.8 Å². The number of carbonyl (C=O) groups is 2. The zero-order valence-corrected chi connectivity index (χ0v) is 27.2. The highest BCUT2D eigenvalue weighted by Gasteiger charge is 2.16. The minimum absolute atomic E-state index is 0.0820. The number of aliphatic hydroxyl groups is 1. The molecule has 1 N–H and O–H groups in total. The lowest BCUT2D eigenvalue weighted by Gasteiger charge is -2.15. The summed E-state index contributed by atoms with van der Waals surface area (Å²) in [6.45, 7) is 4.02. The summed E-state index contributed by atoms with van der Waals surface area (Å²) in [6.07, 6.45) is 40.2. The number of esters is 2. The summed E-state index contributed by atoms with van der Waals surface area (Å²) in [5.41, 5.74) is 0. The first-order chi connectivity index (χ1) is 20.6. The molecule has 0 saturated carbocycles. The Balaban J connectivity index is 3.65. The smallest absolute Gasteiger partial charge is 0.306 e. The monoisotopic (exact) mass is 588 g/mol. The van der Waals surface area contributed by atoms with Crippen molar-refractivity contribution in [2.24, 2.45) is 0 Å². The van der Waals surface area contributed by atoms with Gasteiger partial charge in [0.25, 0.3) is 0 Å². The second-order valence-corrected chi connectivity index (χ2v) is 11.2. The van der Waals surface area contributed by atoms with Crippen molar-refractivity contribution in [3.63, 3.8) is 0 Å². The lowest BCUT2D eigenvalue weighted by molar-refractivity contribution is -0.161. The van der Waals surface area contributed by atoms with Gasteiger partial charge in [-0.3, -0.25) is 9.59 Å². The summed E-state index contributed by atoms with van der Waals surface area (Å²) >= 11 is 0. The zero-order chi connectivity index (χ0) is 30.8. The quantitative estimate of drug-likeness (QED) is 0.0513. The van der Waals surface area contributed by atoms with Crippen LogP contribution in [-0.4, -0.2) is 36.4 Å². The van der Waals surface area contributed by atoms with Gasteiger partial charge in [-0.15, -0.1) is 0 Å². The predicted molar refractivity (Wildman–Crippen MR) is 177 cm³/mol. The van der Waals surface area contributed by atoms with E-state index in [2.05, 4.69) is 62.5 Å². The van der Waals surface area contributed by atoms with Crippen molar-refractivity contribution in [1.29, 1.82) is 0 Å². The van der Waals surface area contributed by atoms with Gasteiger partial charge in [0.15, 0.2) is 6.10 Å². The molecule has 0 aromatic rings. The van der Waals surface area contributed by atoms with Gasteiger partial charge in [0.1, 0.15) is 6.61 Å². The highest BCUT2D eigenvalue weighted by atomic mass is 16.6. The number of hydrogen-bond donors (Lipinski definition) is 1. The first-order valence-corrected chi connectivity index (χ1v) is 17.2. The van der Waals surface area contributed by atoms with E-state index in [-0.39, 0.29) is 25.2 Å². The summed E-state index contributed by atoms with van der Waals surface area (Å²) in [5.74, 6) is -0.633. The molecule has 242 valence electrons. The van der Waals surface area contributed by atoms with Crippen LogP contribution in [0.1, 0.15) is 155 Å². The van der Waals surface area contributed by atoms with Gasteiger partial charge < -0.3 is 14.6 Å². The minimum atomic E-state index is -0.783. The van der Waals surface area contributed by atoms with Gasteiger partial charge in [0.2, 0.25) is 0 Å². The Kier molecular flexibility index (Phi) is 31.7. The molecular weight excluding hydrogens is 524 g/mol. The molecule has 1 atom stereocenters. The van der Waals surface area contributed by atoms with Gasteiger partial charge in [-0.25, -0.2) is 0 Å². The first kappa shape index (κ1) is 39.9. The van der Waals surface area contributed by atoms with Crippen LogP contribution >= 0.6 is 0 Å². The van der Waals surface area contributed by atoms with Crippen molar-refractivity contribution >= 4 is 11.9 Å². The molecule has 5 heteroatoms. The van der Waals surface area contributed by atoms with Crippen LogP contribution in [0.2, 0.25) is 0 Å². The third-order valence-electron chi connectivity index (χ3n) is 7.10. The van der Waals surface area contributed by atoms with Crippen LogP contribution < -0.4 is 0 Å². The number of aliphatic hydroxyl groups excluding tert-OH is 1. The van der Waals surface area contributed by atoms with Crippen LogP contribution in [0, 0.1) is 0 Å². The Hall–Kier alpha value is -2.14. The van der Waals surface area contributed by atoms with Crippen LogP contribution in [0.25, 0.3) is 0 Å². The lowest BCUT2D eigenvalue weighted by atomic mass is 10.1. The molecule has 0 aliphatic carbocycles. The van der Waals surface area contributed by atoms with E-state index in [0.717, 1.165) is 70.6 Å². The second kappa shape index (κ2) is 33.4. The van der Waals surface area contributed by atoms with Crippen LogP contribution in [0.3, 0.4) is 0 Å². The van der Waals surface area contributed by atoms with Gasteiger partial charge in [-0.05, 0) is 70.6 Å². The SMILES string of the molecule is CCCCC=CCCCCCCCC(=O)O[C@@H](CO)COC(=O)CCCCCCC=CCC=CCC=CCCCCC. The molecule has 0 spiro atoms. The van der Waals surface area contributed by atoms with E-state index < -0.39 is 6.10 Å². The van der Waals surface area contributed by atoms with E-state index >= 15 is 0 Å². The van der Waals surface area contributed by atoms with Gasteiger partial charge >= 0.3 is 11.9 Å². The van der Waals surface area contributed by atoms with Crippen molar-refractivity contribution in [2.45, 2.75) is 161 Å². The molecule has 0 aliphatic heterocycles. The Morgan fingerprint density at radius 3 is 1.52 bits per heavy atom. The number of ether oxygens (including phenoxy) is 2. The lowest BCUT2D eigenvalue weighted by Crippen LogP contribution is -2.28. The van der Waals surface area contributed by atoms with E-state index in [9.17, 15) is 14.7 Å². The Morgan fingerprint density at radius 1 is 0.548 bits per heavy atom. The van der Waals surface area contributed by atoms with Crippen LogP contribution in [-0.2, 0) is 19.1 Å². The van der Waals surface area contributed by atoms with Crippen molar-refractivity contribution < 1.29 is 24.2 Å². The van der Waals surface area contributed by atoms with Crippen molar-refractivity contribution in [1.82, 2.24) is 0 Å². The van der Waals surface area contributed by atoms with Crippen molar-refractivity contribution in [3.05, 3.63) is 48.6 Å². The summed E-state index contributed by atoms with van der Waals surface area (Å²) in [7, 11) is 0. The number of carbonyl (C=O) groups excluding carboxylic acids is 2. The van der Waals surface area contributed by atoms with E-state index in [1.165, 1.54) is 57.8 Å². The molecule has 0 bridgehead atoms. The largest absolute Gasteiger partial charge is 0.462 e. The average Bonchev–Trinajstić information content (AvgIpc) is 2.99. The van der Waals surface area contributed by atoms with E-state index in [1.54, 1.807) is 0 Å². The van der Waals surface area contributed by atoms with E-state index in [1.807, 2.05) is 0 Å². The molecule has 42 heavy (non-hydrogen) atoms. The third kappa shape index (κ3) is 30.8. The molecule has 0 saturated heterocycles. The molecule has 0 aromatic heterocycles. The highest BCUT2D eigenvalue weighted by Crippen LogP contribution is 2.11. The number of rotatable bonds is 30. The summed E-state index contributed by atoms with van der Waals surface area (Å²) in [5, 5.41) is 9.49. The number of hydrogen-bond acceptors (Lipinski definition) is 5. The van der Waals surface area contributed by atoms with Crippen LogP contribution in [0.5, 0.6) is 0 Å². The zero-order valence-electron chi connectivity index (χ0n) is 27.2. The van der Waals surface area contributed by atoms with Gasteiger partial charge in [-0.2, -0.15) is 0 Å². The molecule has 0 unspecified atom stereocenters. The highest BCUT2D eigenvalue weighted by molar-refractivity contribution is 5.70. The molecule has 0 aliphatic rings. The molecule has 0 aromatic carbocycles. The Bertz CT molecular complexity index is 722. The number of unbranched alkanes of at least 4 members (excludes halogenated alkanes) is 14. The molecule has 0 fully saturated rings. The van der Waals surface area contributed by atoms with Gasteiger partial charge in [0.05, 0.1) is 6.61 Å². The Labute approximate surface area is 258 Å². The molecule has 0 amide bonds. The molecular formula is C37H64O5. The number of allylic oxidation sites excluding steroid dienone is 8. The maximum absolute atomic E-state index is 12.1. The molecule has 5 nitrogen and oxygen atoms in total. The van der Waals surface area contributed by atoms with Crippen molar-refractivity contribution in [3.8, 4) is 0 Å². The fourth-order valence-corrected chi connectivity index (χ4v) is 4.42. The molecule has 0 radical (unpaired) electrons. The summed E-state index contributed by atoms with van der Waals surface area (Å²) in [4.78, 5) is 24.1. The average molecular weight is 589 g/mol. The topological polar surface area (TPSA) is 72.8 Å². The maximum atomic E-state index is 12.1. The van der Waals surface area contributed by atoms with Gasteiger partial charge in [-0.1, -0.05) is 120 Å². The fourth-order valence-electron chi connectivity index (χ4n) is 4.42. The first-order valence-electron chi connectivity index (χ1n) is 17.2. The maximum Gasteiger partial charge on any atom is 0.306 e. The van der Waals surface area contributed by atoms with E-state index in [0.29, 0.717) is 12.8 Å². The van der Waals surface area contributed by atoms with Crippen LogP contribution in [0.4, 0.5) is 0 Å². The van der Waals surface area contributed by atoms with E-state index in [4.69, 9.17) is 9.47 Å².